The van der Waals surface area contributed by atoms with E-state index in [4.69, 9.17) is 16.3 Å². The molecule has 0 spiro atoms. The molecular formula is C19H29ClN2O4S. The lowest BCUT2D eigenvalue weighted by Crippen LogP contribution is -2.46. The minimum absolute atomic E-state index is 0.0245. The molecule has 27 heavy (non-hydrogen) atoms. The fraction of sp³-hybridized carbons (Fsp3) is 0.632. The van der Waals surface area contributed by atoms with Crippen LogP contribution >= 0.6 is 11.6 Å². The van der Waals surface area contributed by atoms with E-state index < -0.39 is 10.0 Å². The summed E-state index contributed by atoms with van der Waals surface area (Å²) >= 11 is 6.02. The highest BCUT2D eigenvalue weighted by atomic mass is 35.5. The van der Waals surface area contributed by atoms with Gasteiger partial charge in [0.2, 0.25) is 15.9 Å². The zero-order valence-electron chi connectivity index (χ0n) is 16.4. The molecule has 1 amide bonds. The first-order chi connectivity index (χ1) is 12.5. The van der Waals surface area contributed by atoms with E-state index in [0.717, 1.165) is 0 Å². The van der Waals surface area contributed by atoms with Gasteiger partial charge in [0.1, 0.15) is 10.6 Å². The Labute approximate surface area is 167 Å². The summed E-state index contributed by atoms with van der Waals surface area (Å²) in [6.45, 7) is 9.36. The van der Waals surface area contributed by atoms with Crippen LogP contribution in [0.15, 0.2) is 23.1 Å². The van der Waals surface area contributed by atoms with Gasteiger partial charge in [-0.2, -0.15) is 4.31 Å². The molecule has 8 heteroatoms. The van der Waals surface area contributed by atoms with Crippen LogP contribution in [0.1, 0.15) is 40.5 Å². The smallest absolute Gasteiger partial charge is 0.246 e. The van der Waals surface area contributed by atoms with E-state index in [9.17, 15) is 13.2 Å². The summed E-state index contributed by atoms with van der Waals surface area (Å²) in [4.78, 5) is 12.5. The normalized spacial score (nSPS) is 18.9. The second kappa shape index (κ2) is 8.80. The molecule has 1 N–H and O–H groups in total. The molecule has 1 aromatic carbocycles. The molecule has 0 aromatic heterocycles. The van der Waals surface area contributed by atoms with Crippen molar-refractivity contribution in [2.45, 2.75) is 45.4 Å². The molecule has 1 aliphatic heterocycles. The summed E-state index contributed by atoms with van der Waals surface area (Å²) in [6, 6.07) is 4.58. The van der Waals surface area contributed by atoms with Gasteiger partial charge in [-0.3, -0.25) is 4.79 Å². The first kappa shape index (κ1) is 22.0. The molecule has 1 heterocycles. The molecule has 0 unspecified atom stereocenters. The van der Waals surface area contributed by atoms with Gasteiger partial charge in [0.05, 0.1) is 12.5 Å². The number of nitrogens with zero attached hydrogens (tertiary/aromatic N) is 1. The summed E-state index contributed by atoms with van der Waals surface area (Å²) < 4.78 is 33.2. The zero-order valence-corrected chi connectivity index (χ0v) is 18.0. The Balaban J connectivity index is 2.19. The van der Waals surface area contributed by atoms with E-state index in [1.807, 2.05) is 20.8 Å². The van der Waals surface area contributed by atoms with Crippen molar-refractivity contribution in [1.29, 1.82) is 0 Å². The highest BCUT2D eigenvalue weighted by Gasteiger charge is 2.35. The van der Waals surface area contributed by atoms with Crippen LogP contribution in [0.25, 0.3) is 0 Å². The van der Waals surface area contributed by atoms with Crippen molar-refractivity contribution in [3.05, 3.63) is 23.2 Å². The summed E-state index contributed by atoms with van der Waals surface area (Å²) in [5.41, 5.74) is -0.0245. The Morgan fingerprint density at radius 2 is 2.07 bits per heavy atom. The molecule has 0 radical (unpaired) electrons. The summed E-state index contributed by atoms with van der Waals surface area (Å²) in [5.74, 6) is -0.173. The number of benzene rings is 1. The minimum Gasteiger partial charge on any atom is -0.492 e. The van der Waals surface area contributed by atoms with Crippen LogP contribution in [0.5, 0.6) is 5.75 Å². The number of carbonyl (C=O) groups excluding carboxylic acids is 1. The quantitative estimate of drug-likeness (QED) is 0.771. The standard InChI is InChI=1S/C19H29ClN2O4S/c1-5-26-16-9-8-15(20)11-17(16)27(24,25)22-10-6-7-14(12-22)18(23)21-13-19(2,3)4/h8-9,11,14H,5-7,10,12-13H2,1-4H3,(H,21,23)/t14-/m1/s1. The molecule has 6 nitrogen and oxygen atoms in total. The van der Waals surface area contributed by atoms with E-state index in [2.05, 4.69) is 5.32 Å². The topological polar surface area (TPSA) is 75.7 Å². The van der Waals surface area contributed by atoms with E-state index >= 15 is 0 Å². The van der Waals surface area contributed by atoms with Crippen molar-refractivity contribution in [2.75, 3.05) is 26.2 Å². The number of nitrogens with one attached hydrogen (secondary N) is 1. The molecule has 152 valence electrons. The summed E-state index contributed by atoms with van der Waals surface area (Å²) in [6.07, 6.45) is 1.31. The highest BCUT2D eigenvalue weighted by molar-refractivity contribution is 7.89. The fourth-order valence-electron chi connectivity index (χ4n) is 2.97. The van der Waals surface area contributed by atoms with Crippen molar-refractivity contribution < 1.29 is 17.9 Å². The number of sulfonamides is 1. The van der Waals surface area contributed by atoms with Crippen molar-refractivity contribution in [3.8, 4) is 5.75 Å². The maximum Gasteiger partial charge on any atom is 0.246 e. The number of hydrogen-bond acceptors (Lipinski definition) is 4. The number of rotatable bonds is 6. The third-order valence-corrected chi connectivity index (χ3v) is 6.49. The van der Waals surface area contributed by atoms with Gasteiger partial charge < -0.3 is 10.1 Å². The van der Waals surface area contributed by atoms with Gasteiger partial charge in [-0.25, -0.2) is 8.42 Å². The molecule has 1 atom stereocenters. The van der Waals surface area contributed by atoms with Crippen molar-refractivity contribution in [1.82, 2.24) is 9.62 Å². The van der Waals surface area contributed by atoms with Crippen LogP contribution in [-0.4, -0.2) is 44.9 Å². The lowest BCUT2D eigenvalue weighted by molar-refractivity contribution is -0.126. The average Bonchev–Trinajstić information content (AvgIpc) is 2.60. The fourth-order valence-corrected chi connectivity index (χ4v) is 4.89. The second-order valence-electron chi connectivity index (χ2n) is 8.00. The molecule has 0 bridgehead atoms. The lowest BCUT2D eigenvalue weighted by Gasteiger charge is -2.32. The summed E-state index contributed by atoms with van der Waals surface area (Å²) in [5, 5.41) is 3.27. The number of piperidine rings is 1. The average molecular weight is 417 g/mol. The monoisotopic (exact) mass is 416 g/mol. The van der Waals surface area contributed by atoms with E-state index in [1.54, 1.807) is 19.1 Å². The molecular weight excluding hydrogens is 388 g/mol. The molecule has 1 aromatic rings. The molecule has 1 fully saturated rings. The van der Waals surface area contributed by atoms with Crippen LogP contribution in [-0.2, 0) is 14.8 Å². The molecule has 1 saturated heterocycles. The first-order valence-electron chi connectivity index (χ1n) is 9.25. The van der Waals surface area contributed by atoms with E-state index in [-0.39, 0.29) is 34.4 Å². The van der Waals surface area contributed by atoms with Crippen molar-refractivity contribution in [3.63, 3.8) is 0 Å². The highest BCUT2D eigenvalue weighted by Crippen LogP contribution is 2.32. The zero-order chi connectivity index (χ0) is 20.2. The molecule has 1 aliphatic rings. The van der Waals surface area contributed by atoms with Crippen LogP contribution in [0.2, 0.25) is 5.02 Å². The first-order valence-corrected chi connectivity index (χ1v) is 11.1. The third-order valence-electron chi connectivity index (χ3n) is 4.37. The SMILES string of the molecule is CCOc1ccc(Cl)cc1S(=O)(=O)N1CCC[C@@H](C(=O)NCC(C)(C)C)C1. The van der Waals surface area contributed by atoms with E-state index in [0.29, 0.717) is 37.6 Å². The Bertz CT molecular complexity index is 774. The van der Waals surface area contributed by atoms with Crippen molar-refractivity contribution in [2.24, 2.45) is 11.3 Å². The van der Waals surface area contributed by atoms with E-state index in [1.165, 1.54) is 10.4 Å². The molecule has 0 aliphatic carbocycles. The minimum atomic E-state index is -3.80. The van der Waals surface area contributed by atoms with Gasteiger partial charge in [0.15, 0.2) is 0 Å². The number of hydrogen-bond donors (Lipinski definition) is 1. The third kappa shape index (κ3) is 5.83. The number of halogens is 1. The summed E-state index contributed by atoms with van der Waals surface area (Å²) in [7, 11) is -3.80. The number of carbonyl (C=O) groups is 1. The van der Waals surface area contributed by atoms with Gasteiger partial charge in [0, 0.05) is 24.7 Å². The number of amides is 1. The van der Waals surface area contributed by atoms with Gasteiger partial charge in [-0.1, -0.05) is 32.4 Å². The predicted molar refractivity (Wildman–Crippen MR) is 107 cm³/mol. The molecule has 0 saturated carbocycles. The predicted octanol–water partition coefficient (Wildman–Crippen LogP) is 3.30. The molecule has 2 rings (SSSR count). The van der Waals surface area contributed by atoms with Crippen molar-refractivity contribution >= 4 is 27.5 Å². The second-order valence-corrected chi connectivity index (χ2v) is 10.3. The van der Waals surface area contributed by atoms with Gasteiger partial charge in [-0.05, 0) is 43.4 Å². The maximum atomic E-state index is 13.2. The Hall–Kier alpha value is -1.31. The van der Waals surface area contributed by atoms with Crippen LogP contribution in [0.4, 0.5) is 0 Å². The largest absolute Gasteiger partial charge is 0.492 e. The Morgan fingerprint density at radius 1 is 1.37 bits per heavy atom. The van der Waals surface area contributed by atoms with Gasteiger partial charge in [-0.15, -0.1) is 0 Å². The van der Waals surface area contributed by atoms with Gasteiger partial charge >= 0.3 is 0 Å². The lowest BCUT2D eigenvalue weighted by atomic mass is 9.95. The van der Waals surface area contributed by atoms with Crippen LogP contribution in [0.3, 0.4) is 0 Å². The number of ether oxygens (including phenoxy) is 1. The van der Waals surface area contributed by atoms with Crippen LogP contribution < -0.4 is 10.1 Å². The van der Waals surface area contributed by atoms with Crippen LogP contribution in [0, 0.1) is 11.3 Å². The maximum absolute atomic E-state index is 13.2. The van der Waals surface area contributed by atoms with Gasteiger partial charge in [0.25, 0.3) is 0 Å². The Morgan fingerprint density at radius 3 is 2.70 bits per heavy atom. The Kier molecular flexibility index (Phi) is 7.16.